The molecule has 0 fully saturated rings. The van der Waals surface area contributed by atoms with Gasteiger partial charge < -0.3 is 15.8 Å². The fourth-order valence-electron chi connectivity index (χ4n) is 1.78. The predicted molar refractivity (Wildman–Crippen MR) is 79.3 cm³/mol. The van der Waals surface area contributed by atoms with Crippen LogP contribution in [-0.2, 0) is 6.61 Å². The first-order valence-corrected chi connectivity index (χ1v) is 6.70. The summed E-state index contributed by atoms with van der Waals surface area (Å²) in [6, 6.07) is 14.2. The molecule has 106 valence electrons. The Kier molecular flexibility index (Phi) is 5.38. The summed E-state index contributed by atoms with van der Waals surface area (Å²) in [6.07, 6.45) is 0.936. The Bertz CT molecular complexity index is 528. The van der Waals surface area contributed by atoms with Crippen LogP contribution in [0.4, 0.5) is 10.1 Å². The Morgan fingerprint density at radius 2 is 1.80 bits per heavy atom. The van der Waals surface area contributed by atoms with E-state index in [1.54, 1.807) is 18.2 Å². The molecule has 2 rings (SSSR count). The molecule has 3 N–H and O–H groups in total. The monoisotopic (exact) mass is 274 g/mol. The van der Waals surface area contributed by atoms with Crippen LogP contribution in [0, 0.1) is 5.82 Å². The van der Waals surface area contributed by atoms with Crippen molar-refractivity contribution in [1.82, 2.24) is 0 Å². The molecule has 0 aliphatic rings. The van der Waals surface area contributed by atoms with Crippen LogP contribution in [-0.4, -0.2) is 13.1 Å². The van der Waals surface area contributed by atoms with E-state index in [2.05, 4.69) is 5.32 Å². The van der Waals surface area contributed by atoms with Crippen LogP contribution in [0.3, 0.4) is 0 Å². The molecule has 3 nitrogen and oxygen atoms in total. The summed E-state index contributed by atoms with van der Waals surface area (Å²) < 4.78 is 19.0. The van der Waals surface area contributed by atoms with Crippen molar-refractivity contribution in [2.24, 2.45) is 5.73 Å². The topological polar surface area (TPSA) is 47.3 Å². The van der Waals surface area contributed by atoms with Gasteiger partial charge in [0.2, 0.25) is 0 Å². The maximum atomic E-state index is 13.4. The van der Waals surface area contributed by atoms with Crippen molar-refractivity contribution in [2.75, 3.05) is 18.4 Å². The minimum atomic E-state index is -0.243. The molecule has 0 saturated carbocycles. The lowest BCUT2D eigenvalue weighted by Crippen LogP contribution is -2.08. The van der Waals surface area contributed by atoms with E-state index >= 15 is 0 Å². The highest BCUT2D eigenvalue weighted by Crippen LogP contribution is 2.17. The molecule has 0 unspecified atom stereocenters. The predicted octanol–water partition coefficient (Wildman–Crippen LogP) is 3.17. The van der Waals surface area contributed by atoms with Gasteiger partial charge in [-0.25, -0.2) is 4.39 Å². The molecule has 4 heteroatoms. The molecular formula is C16H19FN2O. The highest BCUT2D eigenvalue weighted by atomic mass is 19.1. The molecule has 0 aliphatic heterocycles. The summed E-state index contributed by atoms with van der Waals surface area (Å²) in [5, 5.41) is 3.26. The number of anilines is 1. The quantitative estimate of drug-likeness (QED) is 0.762. The minimum absolute atomic E-state index is 0.229. The Hall–Kier alpha value is -2.07. The summed E-state index contributed by atoms with van der Waals surface area (Å²) in [4.78, 5) is 0. The normalized spacial score (nSPS) is 10.3. The Morgan fingerprint density at radius 1 is 1.05 bits per heavy atom. The molecule has 0 bridgehead atoms. The van der Waals surface area contributed by atoms with Gasteiger partial charge in [0.25, 0.3) is 0 Å². The third-order valence-electron chi connectivity index (χ3n) is 2.92. The zero-order chi connectivity index (χ0) is 14.2. The van der Waals surface area contributed by atoms with Crippen LogP contribution in [0.1, 0.15) is 12.0 Å². The maximum absolute atomic E-state index is 13.4. The summed E-state index contributed by atoms with van der Waals surface area (Å²) in [5.41, 5.74) is 7.01. The third kappa shape index (κ3) is 4.24. The smallest absolute Gasteiger partial charge is 0.129 e. The van der Waals surface area contributed by atoms with Crippen LogP contribution in [0.15, 0.2) is 48.5 Å². The van der Waals surface area contributed by atoms with E-state index in [1.807, 2.05) is 24.3 Å². The van der Waals surface area contributed by atoms with Crippen LogP contribution in [0.2, 0.25) is 0 Å². The number of benzene rings is 2. The minimum Gasteiger partial charge on any atom is -0.489 e. The molecule has 0 heterocycles. The standard InChI is InChI=1S/C16H19FN2O/c17-16-5-2-1-4-13(16)12-20-15-8-6-14(7-9-15)19-11-3-10-18/h1-2,4-9,19H,3,10-12,18H2. The van der Waals surface area contributed by atoms with Gasteiger partial charge >= 0.3 is 0 Å². The van der Waals surface area contributed by atoms with Crippen molar-refractivity contribution < 1.29 is 9.13 Å². The first-order valence-electron chi connectivity index (χ1n) is 6.70. The van der Waals surface area contributed by atoms with Crippen molar-refractivity contribution in [2.45, 2.75) is 13.0 Å². The molecule has 20 heavy (non-hydrogen) atoms. The zero-order valence-electron chi connectivity index (χ0n) is 11.3. The van der Waals surface area contributed by atoms with Crippen molar-refractivity contribution in [3.05, 3.63) is 59.9 Å². The van der Waals surface area contributed by atoms with Crippen molar-refractivity contribution >= 4 is 5.69 Å². The van der Waals surface area contributed by atoms with Gasteiger partial charge in [-0.1, -0.05) is 18.2 Å². The second-order valence-corrected chi connectivity index (χ2v) is 4.47. The summed E-state index contributed by atoms with van der Waals surface area (Å²) in [6.45, 7) is 1.76. The maximum Gasteiger partial charge on any atom is 0.129 e. The van der Waals surface area contributed by atoms with Crippen LogP contribution in [0.5, 0.6) is 5.75 Å². The number of hydrogen-bond donors (Lipinski definition) is 2. The Labute approximate surface area is 118 Å². The third-order valence-corrected chi connectivity index (χ3v) is 2.92. The van der Waals surface area contributed by atoms with E-state index in [9.17, 15) is 4.39 Å². The number of hydrogen-bond acceptors (Lipinski definition) is 3. The number of ether oxygens (including phenoxy) is 1. The van der Waals surface area contributed by atoms with Gasteiger partial charge in [0.05, 0.1) is 0 Å². The van der Waals surface area contributed by atoms with Crippen molar-refractivity contribution in [1.29, 1.82) is 0 Å². The van der Waals surface area contributed by atoms with Gasteiger partial charge in [-0.05, 0) is 43.3 Å². The molecule has 0 spiro atoms. The van der Waals surface area contributed by atoms with Crippen molar-refractivity contribution in [3.63, 3.8) is 0 Å². The summed E-state index contributed by atoms with van der Waals surface area (Å²) in [5.74, 6) is 0.477. The second kappa shape index (κ2) is 7.50. The Balaban J connectivity index is 1.86. The number of nitrogens with two attached hydrogens (primary N) is 1. The fourth-order valence-corrected chi connectivity index (χ4v) is 1.78. The number of rotatable bonds is 7. The molecule has 0 atom stereocenters. The Morgan fingerprint density at radius 3 is 2.50 bits per heavy atom. The first-order chi connectivity index (χ1) is 9.79. The average molecular weight is 274 g/mol. The lowest BCUT2D eigenvalue weighted by atomic mass is 10.2. The van der Waals surface area contributed by atoms with E-state index in [-0.39, 0.29) is 12.4 Å². The molecule has 0 aromatic heterocycles. The number of nitrogens with one attached hydrogen (secondary N) is 1. The van der Waals surface area contributed by atoms with E-state index in [0.29, 0.717) is 12.1 Å². The molecule has 2 aromatic carbocycles. The van der Waals surface area contributed by atoms with E-state index in [0.717, 1.165) is 24.4 Å². The van der Waals surface area contributed by atoms with Crippen LogP contribution < -0.4 is 15.8 Å². The van der Waals surface area contributed by atoms with Crippen molar-refractivity contribution in [3.8, 4) is 5.75 Å². The van der Waals surface area contributed by atoms with E-state index < -0.39 is 0 Å². The highest BCUT2D eigenvalue weighted by Gasteiger charge is 2.01. The average Bonchev–Trinajstić information content (AvgIpc) is 2.48. The largest absolute Gasteiger partial charge is 0.489 e. The summed E-state index contributed by atoms with van der Waals surface area (Å²) in [7, 11) is 0. The van der Waals surface area contributed by atoms with Gasteiger partial charge in [-0.3, -0.25) is 0 Å². The first kappa shape index (κ1) is 14.3. The van der Waals surface area contributed by atoms with E-state index in [1.165, 1.54) is 6.07 Å². The van der Waals surface area contributed by atoms with Gasteiger partial charge in [-0.15, -0.1) is 0 Å². The molecule has 0 amide bonds. The molecule has 0 saturated heterocycles. The molecular weight excluding hydrogens is 255 g/mol. The van der Waals surface area contributed by atoms with E-state index in [4.69, 9.17) is 10.5 Å². The highest BCUT2D eigenvalue weighted by molar-refractivity contribution is 5.46. The number of halogens is 1. The molecule has 0 aliphatic carbocycles. The SMILES string of the molecule is NCCCNc1ccc(OCc2ccccc2F)cc1. The fraction of sp³-hybridized carbons (Fsp3) is 0.250. The molecule has 0 radical (unpaired) electrons. The van der Waals surface area contributed by atoms with Gasteiger partial charge in [0.15, 0.2) is 0 Å². The second-order valence-electron chi connectivity index (χ2n) is 4.47. The lowest BCUT2D eigenvalue weighted by molar-refractivity contribution is 0.300. The van der Waals surface area contributed by atoms with Crippen LogP contribution >= 0.6 is 0 Å². The zero-order valence-corrected chi connectivity index (χ0v) is 11.3. The van der Waals surface area contributed by atoms with Gasteiger partial charge in [0.1, 0.15) is 18.2 Å². The molecule has 2 aromatic rings. The van der Waals surface area contributed by atoms with Gasteiger partial charge in [-0.2, -0.15) is 0 Å². The summed E-state index contributed by atoms with van der Waals surface area (Å²) >= 11 is 0. The van der Waals surface area contributed by atoms with Gasteiger partial charge in [0, 0.05) is 17.8 Å². The lowest BCUT2D eigenvalue weighted by Gasteiger charge is -2.09. The van der Waals surface area contributed by atoms with Crippen LogP contribution in [0.25, 0.3) is 0 Å².